The highest BCUT2D eigenvalue weighted by atomic mass is 16.5. The molecule has 0 unspecified atom stereocenters. The lowest BCUT2D eigenvalue weighted by molar-refractivity contribution is 0.0825. The van der Waals surface area contributed by atoms with E-state index in [1.54, 1.807) is 0 Å². The van der Waals surface area contributed by atoms with Crippen LogP contribution in [-0.4, -0.2) is 19.7 Å². The molecule has 1 N–H and O–H groups in total. The van der Waals surface area contributed by atoms with Gasteiger partial charge in [0.15, 0.2) is 0 Å². The number of carbonyl (C=O) groups is 1. The first-order valence-electron chi connectivity index (χ1n) is 5.77. The minimum Gasteiger partial charge on any atom is -0.528 e. The van der Waals surface area contributed by atoms with Gasteiger partial charge >= 0.3 is 14.1 Å². The Bertz CT molecular complexity index is 254. The number of rotatable bonds is 3. The average Bonchev–Trinajstić information content (AvgIpc) is 1.98. The Labute approximate surface area is 101 Å². The summed E-state index contributed by atoms with van der Waals surface area (Å²) in [5.41, 5.74) is 0.0729. The first-order chi connectivity index (χ1) is 6.91. The zero-order valence-corrected chi connectivity index (χ0v) is 12.0. The minimum atomic E-state index is -0.366. The molecule has 94 valence electrons. The molecule has 0 bridgehead atoms. The van der Waals surface area contributed by atoms with Crippen molar-refractivity contribution >= 4 is 14.1 Å². The maximum Gasteiger partial charge on any atom is 0.389 e. The topological polar surface area (TPSA) is 38.3 Å². The van der Waals surface area contributed by atoms with Crippen molar-refractivity contribution in [2.24, 2.45) is 10.8 Å². The number of hydrogen-bond acceptors (Lipinski definition) is 2. The molecule has 0 aromatic carbocycles. The lowest BCUT2D eigenvalue weighted by atomic mass is 9.64. The third kappa shape index (κ3) is 4.46. The smallest absolute Gasteiger partial charge is 0.389 e. The quantitative estimate of drug-likeness (QED) is 0.752. The van der Waals surface area contributed by atoms with Crippen LogP contribution in [0.2, 0.25) is 0 Å². The second-order valence-electron chi connectivity index (χ2n) is 6.81. The van der Waals surface area contributed by atoms with Crippen LogP contribution in [0.15, 0.2) is 0 Å². The van der Waals surface area contributed by atoms with Crippen molar-refractivity contribution in [2.45, 2.75) is 60.4 Å². The van der Waals surface area contributed by atoms with E-state index in [4.69, 9.17) is 0 Å². The fraction of sp³-hybridized carbons (Fsp3) is 0.917. The van der Waals surface area contributed by atoms with Gasteiger partial charge in [0, 0.05) is 5.54 Å². The van der Waals surface area contributed by atoms with E-state index in [-0.39, 0.29) is 22.5 Å². The summed E-state index contributed by atoms with van der Waals surface area (Å²) in [5, 5.41) is 2.87. The fourth-order valence-electron chi connectivity index (χ4n) is 1.74. The Morgan fingerprint density at radius 1 is 1.12 bits per heavy atom. The van der Waals surface area contributed by atoms with Gasteiger partial charge in [-0.05, 0) is 31.1 Å². The van der Waals surface area contributed by atoms with E-state index in [9.17, 15) is 4.79 Å². The van der Waals surface area contributed by atoms with E-state index in [0.29, 0.717) is 0 Å². The van der Waals surface area contributed by atoms with E-state index in [0.717, 1.165) is 6.42 Å². The van der Waals surface area contributed by atoms with Crippen molar-refractivity contribution in [1.29, 1.82) is 0 Å². The first kappa shape index (κ1) is 15.3. The van der Waals surface area contributed by atoms with Crippen LogP contribution < -0.4 is 5.32 Å². The molecule has 0 spiro atoms. The molecule has 0 aliphatic heterocycles. The van der Waals surface area contributed by atoms with Gasteiger partial charge in [0.25, 0.3) is 0 Å². The Morgan fingerprint density at radius 3 is 1.88 bits per heavy atom. The minimum absolute atomic E-state index is 0.136. The van der Waals surface area contributed by atoms with E-state index < -0.39 is 0 Å². The van der Waals surface area contributed by atoms with Gasteiger partial charge in [0.2, 0.25) is 0 Å². The van der Waals surface area contributed by atoms with Gasteiger partial charge < -0.3 is 9.97 Å². The van der Waals surface area contributed by atoms with E-state index >= 15 is 0 Å². The van der Waals surface area contributed by atoms with Crippen LogP contribution >= 0.6 is 0 Å². The molecule has 0 saturated heterocycles. The highest BCUT2D eigenvalue weighted by molar-refractivity contribution is 6.05. The van der Waals surface area contributed by atoms with Crippen LogP contribution in [0, 0.1) is 10.8 Å². The van der Waals surface area contributed by atoms with Crippen LogP contribution in [0.3, 0.4) is 0 Å². The monoisotopic (exact) mass is 227 g/mol. The van der Waals surface area contributed by atoms with Gasteiger partial charge in [-0.1, -0.05) is 34.6 Å². The van der Waals surface area contributed by atoms with Crippen molar-refractivity contribution in [1.82, 2.24) is 5.32 Å². The zero-order valence-electron chi connectivity index (χ0n) is 12.0. The van der Waals surface area contributed by atoms with Crippen molar-refractivity contribution in [2.75, 3.05) is 0 Å². The van der Waals surface area contributed by atoms with Crippen LogP contribution in [0.4, 0.5) is 4.79 Å². The van der Waals surface area contributed by atoms with Gasteiger partial charge in [-0.25, -0.2) is 4.79 Å². The molecule has 0 aromatic heterocycles. The van der Waals surface area contributed by atoms with E-state index in [2.05, 4.69) is 44.6 Å². The van der Waals surface area contributed by atoms with E-state index in [1.807, 2.05) is 13.8 Å². The first-order valence-corrected chi connectivity index (χ1v) is 5.77. The average molecular weight is 227 g/mol. The maximum atomic E-state index is 11.2. The van der Waals surface area contributed by atoms with Crippen molar-refractivity contribution < 1.29 is 9.45 Å². The predicted molar refractivity (Wildman–Crippen MR) is 70.1 cm³/mol. The summed E-state index contributed by atoms with van der Waals surface area (Å²) in [7, 11) is 1.39. The lowest BCUT2D eigenvalue weighted by Crippen LogP contribution is -2.48. The summed E-state index contributed by atoms with van der Waals surface area (Å²) in [5.74, 6) is 0. The second-order valence-corrected chi connectivity index (χ2v) is 6.81. The standard InChI is InChI=1S/C12H26BNO2/c1-10(2,3)11(4,5)8-12(6,7)14-9(15)16-13/h8,13H2,1-7H3,(H,14,15). The summed E-state index contributed by atoms with van der Waals surface area (Å²) in [6, 6.07) is 0. The fourth-order valence-corrected chi connectivity index (χ4v) is 1.74. The molecule has 0 radical (unpaired) electrons. The van der Waals surface area contributed by atoms with Gasteiger partial charge in [0.05, 0.1) is 0 Å². The van der Waals surface area contributed by atoms with Crippen LogP contribution in [-0.2, 0) is 4.65 Å². The highest BCUT2D eigenvalue weighted by Crippen LogP contribution is 2.43. The van der Waals surface area contributed by atoms with Crippen LogP contribution in [0.5, 0.6) is 0 Å². The molecule has 0 saturated carbocycles. The Morgan fingerprint density at radius 2 is 1.56 bits per heavy atom. The zero-order chi connectivity index (χ0) is 13.2. The second kappa shape index (κ2) is 4.68. The molecule has 4 heteroatoms. The van der Waals surface area contributed by atoms with Gasteiger partial charge in [-0.2, -0.15) is 0 Å². The van der Waals surface area contributed by atoms with Crippen molar-refractivity contribution in [3.63, 3.8) is 0 Å². The Hall–Kier alpha value is -0.665. The molecule has 0 aromatic rings. The summed E-state index contributed by atoms with van der Waals surface area (Å²) < 4.78 is 4.64. The lowest BCUT2D eigenvalue weighted by Gasteiger charge is -2.44. The number of amides is 1. The van der Waals surface area contributed by atoms with Crippen molar-refractivity contribution in [3.8, 4) is 0 Å². The maximum absolute atomic E-state index is 11.2. The molecule has 0 heterocycles. The molecule has 0 atom stereocenters. The largest absolute Gasteiger partial charge is 0.528 e. The molecular weight excluding hydrogens is 201 g/mol. The summed E-state index contributed by atoms with van der Waals surface area (Å²) in [4.78, 5) is 11.2. The molecular formula is C12H26BNO2. The third-order valence-corrected chi connectivity index (χ3v) is 3.54. The van der Waals surface area contributed by atoms with Gasteiger partial charge in [0.1, 0.15) is 0 Å². The SMILES string of the molecule is BOC(=O)NC(C)(C)CC(C)(C)C(C)(C)C. The molecule has 0 aliphatic rings. The predicted octanol–water partition coefficient (Wildman–Crippen LogP) is 2.50. The molecule has 0 aliphatic carbocycles. The molecule has 16 heavy (non-hydrogen) atoms. The Kier molecular flexibility index (Phi) is 4.49. The molecule has 0 rings (SSSR count). The molecule has 0 fully saturated rings. The number of carbonyl (C=O) groups excluding carboxylic acids is 1. The molecule has 1 amide bonds. The Balaban J connectivity index is 4.64. The summed E-state index contributed by atoms with van der Waals surface area (Å²) in [6.45, 7) is 15.2. The van der Waals surface area contributed by atoms with Gasteiger partial charge in [-0.15, -0.1) is 0 Å². The normalized spacial score (nSPS) is 13.4. The van der Waals surface area contributed by atoms with Crippen LogP contribution in [0.25, 0.3) is 0 Å². The van der Waals surface area contributed by atoms with Crippen molar-refractivity contribution in [3.05, 3.63) is 0 Å². The van der Waals surface area contributed by atoms with Crippen LogP contribution in [0.1, 0.15) is 54.9 Å². The van der Waals surface area contributed by atoms with Gasteiger partial charge in [-0.3, -0.25) is 0 Å². The van der Waals surface area contributed by atoms with E-state index in [1.165, 1.54) is 8.05 Å². The summed E-state index contributed by atoms with van der Waals surface area (Å²) >= 11 is 0. The highest BCUT2D eigenvalue weighted by Gasteiger charge is 2.38. The number of nitrogens with one attached hydrogen (secondary N) is 1. The summed E-state index contributed by atoms with van der Waals surface area (Å²) in [6.07, 6.45) is 0.535. The third-order valence-electron chi connectivity index (χ3n) is 3.54. The number of hydrogen-bond donors (Lipinski definition) is 1. The molecule has 3 nitrogen and oxygen atoms in total.